The van der Waals surface area contributed by atoms with Gasteiger partial charge in [0, 0.05) is 13.1 Å². The molecule has 0 aliphatic carbocycles. The predicted molar refractivity (Wildman–Crippen MR) is 98.5 cm³/mol. The van der Waals surface area contributed by atoms with E-state index in [1.807, 2.05) is 30.3 Å². The number of aliphatic carboxylic acids is 1. The number of hydrogen-bond donors (Lipinski definition) is 2. The van der Waals surface area contributed by atoms with Gasteiger partial charge in [0.05, 0.1) is 12.5 Å². The SMILES string of the molecule is O=C(O)C1CNCC=C1c1ccc(CCCOc2c(F)ccc(F)c2F)cc1. The second-order valence-corrected chi connectivity index (χ2v) is 6.53. The molecule has 1 unspecified atom stereocenters. The highest BCUT2D eigenvalue weighted by molar-refractivity contribution is 5.88. The van der Waals surface area contributed by atoms with Crippen molar-refractivity contribution in [3.63, 3.8) is 0 Å². The molecule has 2 N–H and O–H groups in total. The Bertz CT molecular complexity index is 881. The van der Waals surface area contributed by atoms with Crippen LogP contribution < -0.4 is 10.1 Å². The Balaban J connectivity index is 1.56. The summed E-state index contributed by atoms with van der Waals surface area (Å²) < 4.78 is 45.2. The van der Waals surface area contributed by atoms with Crippen molar-refractivity contribution in [2.24, 2.45) is 5.92 Å². The van der Waals surface area contributed by atoms with Crippen LogP contribution in [0.4, 0.5) is 13.2 Å². The van der Waals surface area contributed by atoms with Gasteiger partial charge in [0.1, 0.15) is 0 Å². The van der Waals surface area contributed by atoms with Crippen LogP contribution in [0.3, 0.4) is 0 Å². The van der Waals surface area contributed by atoms with E-state index < -0.39 is 35.1 Å². The molecule has 1 atom stereocenters. The number of halogens is 3. The molecule has 2 aromatic rings. The smallest absolute Gasteiger partial charge is 0.312 e. The van der Waals surface area contributed by atoms with Crippen molar-refractivity contribution in [1.29, 1.82) is 0 Å². The molecule has 0 amide bonds. The van der Waals surface area contributed by atoms with Gasteiger partial charge in [-0.3, -0.25) is 4.79 Å². The number of nitrogens with one attached hydrogen (secondary N) is 1. The molecule has 4 nitrogen and oxygen atoms in total. The van der Waals surface area contributed by atoms with E-state index in [0.717, 1.165) is 22.8 Å². The highest BCUT2D eigenvalue weighted by Crippen LogP contribution is 2.26. The van der Waals surface area contributed by atoms with E-state index in [2.05, 4.69) is 5.32 Å². The summed E-state index contributed by atoms with van der Waals surface area (Å²) in [5, 5.41) is 12.4. The highest BCUT2D eigenvalue weighted by atomic mass is 19.2. The van der Waals surface area contributed by atoms with Crippen molar-refractivity contribution < 1.29 is 27.8 Å². The standard InChI is InChI=1S/C21H20F3NO3/c22-17-7-8-18(23)20(19(17)24)28-11-1-2-13-3-5-14(6-4-13)15-9-10-25-12-16(15)21(26)27/h3-9,16,25H,1-2,10-12H2,(H,26,27). The maximum absolute atomic E-state index is 13.5. The summed E-state index contributed by atoms with van der Waals surface area (Å²) >= 11 is 0. The fourth-order valence-electron chi connectivity index (χ4n) is 3.16. The lowest BCUT2D eigenvalue weighted by Crippen LogP contribution is -2.33. The van der Waals surface area contributed by atoms with Gasteiger partial charge in [-0.15, -0.1) is 0 Å². The Morgan fingerprint density at radius 1 is 1.11 bits per heavy atom. The van der Waals surface area contributed by atoms with Crippen LogP contribution in [-0.4, -0.2) is 30.8 Å². The number of carbonyl (C=O) groups is 1. The number of rotatable bonds is 7. The van der Waals surface area contributed by atoms with Gasteiger partial charge < -0.3 is 15.2 Å². The van der Waals surface area contributed by atoms with Gasteiger partial charge in [-0.25, -0.2) is 8.78 Å². The fraction of sp³-hybridized carbons (Fsp3) is 0.286. The molecule has 0 aromatic heterocycles. The lowest BCUT2D eigenvalue weighted by atomic mass is 9.89. The predicted octanol–water partition coefficient (Wildman–Crippen LogP) is 3.80. The molecule has 0 radical (unpaired) electrons. The van der Waals surface area contributed by atoms with E-state index >= 15 is 0 Å². The van der Waals surface area contributed by atoms with Gasteiger partial charge in [-0.05, 0) is 41.7 Å². The number of hydrogen-bond acceptors (Lipinski definition) is 3. The van der Waals surface area contributed by atoms with Crippen LogP contribution >= 0.6 is 0 Å². The third-order valence-electron chi connectivity index (χ3n) is 4.63. The maximum Gasteiger partial charge on any atom is 0.312 e. The number of ether oxygens (including phenoxy) is 1. The number of aryl methyl sites for hydroxylation is 1. The molecule has 0 fully saturated rings. The number of carboxylic acids is 1. The van der Waals surface area contributed by atoms with E-state index in [-0.39, 0.29) is 6.61 Å². The Morgan fingerprint density at radius 2 is 1.82 bits per heavy atom. The van der Waals surface area contributed by atoms with E-state index in [1.165, 1.54) is 0 Å². The molecule has 28 heavy (non-hydrogen) atoms. The largest absolute Gasteiger partial charge is 0.488 e. The van der Waals surface area contributed by atoms with Gasteiger partial charge in [0.15, 0.2) is 17.4 Å². The molecule has 0 bridgehead atoms. The second-order valence-electron chi connectivity index (χ2n) is 6.53. The first kappa shape index (κ1) is 19.9. The molecule has 0 spiro atoms. The van der Waals surface area contributed by atoms with Crippen LogP contribution in [-0.2, 0) is 11.2 Å². The molecular formula is C21H20F3NO3. The summed E-state index contributed by atoms with van der Waals surface area (Å²) in [7, 11) is 0. The van der Waals surface area contributed by atoms with Crippen LogP contribution in [0.25, 0.3) is 5.57 Å². The summed E-state index contributed by atoms with van der Waals surface area (Å²) in [5.74, 6) is -5.56. The van der Waals surface area contributed by atoms with Crippen LogP contribution in [0.5, 0.6) is 5.75 Å². The van der Waals surface area contributed by atoms with E-state index in [1.54, 1.807) is 0 Å². The van der Waals surface area contributed by atoms with Gasteiger partial charge in [-0.2, -0.15) is 4.39 Å². The van der Waals surface area contributed by atoms with Crippen LogP contribution in [0.1, 0.15) is 17.5 Å². The Morgan fingerprint density at radius 3 is 2.54 bits per heavy atom. The zero-order valence-electron chi connectivity index (χ0n) is 15.1. The van der Waals surface area contributed by atoms with Gasteiger partial charge in [0.2, 0.25) is 5.82 Å². The van der Waals surface area contributed by atoms with Crippen LogP contribution in [0.15, 0.2) is 42.5 Å². The minimum atomic E-state index is -1.33. The lowest BCUT2D eigenvalue weighted by Gasteiger charge is -2.22. The van der Waals surface area contributed by atoms with Gasteiger partial charge in [-0.1, -0.05) is 30.3 Å². The minimum absolute atomic E-state index is 0.0386. The molecule has 1 heterocycles. The summed E-state index contributed by atoms with van der Waals surface area (Å²) in [6.07, 6.45) is 2.97. The second kappa shape index (κ2) is 8.93. The quantitative estimate of drug-likeness (QED) is 0.557. The number of benzene rings is 2. The highest BCUT2D eigenvalue weighted by Gasteiger charge is 2.25. The van der Waals surface area contributed by atoms with Crippen molar-refractivity contribution in [2.75, 3.05) is 19.7 Å². The van der Waals surface area contributed by atoms with Gasteiger partial charge >= 0.3 is 5.97 Å². The summed E-state index contributed by atoms with van der Waals surface area (Å²) in [6, 6.07) is 9.06. The fourth-order valence-corrected chi connectivity index (χ4v) is 3.16. The van der Waals surface area contributed by atoms with Crippen molar-refractivity contribution in [2.45, 2.75) is 12.8 Å². The molecular weight excluding hydrogens is 371 g/mol. The average Bonchev–Trinajstić information content (AvgIpc) is 2.71. The molecule has 3 rings (SSSR count). The molecule has 0 saturated heterocycles. The zero-order valence-corrected chi connectivity index (χ0v) is 15.1. The van der Waals surface area contributed by atoms with E-state index in [9.17, 15) is 23.1 Å². The Hall–Kier alpha value is -2.80. The normalized spacial score (nSPS) is 16.5. The molecule has 148 valence electrons. The maximum atomic E-state index is 13.5. The molecule has 1 aliphatic rings. The van der Waals surface area contributed by atoms with Crippen molar-refractivity contribution >= 4 is 11.5 Å². The van der Waals surface area contributed by atoms with E-state index in [0.29, 0.717) is 32.0 Å². The van der Waals surface area contributed by atoms with Crippen LogP contribution in [0.2, 0.25) is 0 Å². The number of carboxylic acid groups (broad SMARTS) is 1. The summed E-state index contributed by atoms with van der Waals surface area (Å²) in [5.41, 5.74) is 2.63. The topological polar surface area (TPSA) is 58.6 Å². The first-order valence-corrected chi connectivity index (χ1v) is 8.96. The third kappa shape index (κ3) is 4.54. The van der Waals surface area contributed by atoms with Crippen molar-refractivity contribution in [3.8, 4) is 5.75 Å². The van der Waals surface area contributed by atoms with Gasteiger partial charge in [0.25, 0.3) is 0 Å². The Kier molecular flexibility index (Phi) is 6.36. The molecule has 0 saturated carbocycles. The third-order valence-corrected chi connectivity index (χ3v) is 4.63. The average molecular weight is 391 g/mol. The first-order chi connectivity index (χ1) is 13.5. The first-order valence-electron chi connectivity index (χ1n) is 8.96. The lowest BCUT2D eigenvalue weighted by molar-refractivity contribution is -0.139. The van der Waals surface area contributed by atoms with Crippen molar-refractivity contribution in [3.05, 3.63) is 71.1 Å². The minimum Gasteiger partial charge on any atom is -0.488 e. The molecule has 7 heteroatoms. The van der Waals surface area contributed by atoms with E-state index in [4.69, 9.17) is 4.74 Å². The van der Waals surface area contributed by atoms with Crippen molar-refractivity contribution in [1.82, 2.24) is 5.32 Å². The Labute approximate surface area is 160 Å². The summed E-state index contributed by atoms with van der Waals surface area (Å²) in [4.78, 5) is 11.4. The molecule has 1 aliphatic heterocycles. The zero-order chi connectivity index (χ0) is 20.1. The summed E-state index contributed by atoms with van der Waals surface area (Å²) in [6.45, 7) is 1.07. The van der Waals surface area contributed by atoms with Crippen LogP contribution in [0, 0.1) is 23.4 Å². The monoisotopic (exact) mass is 391 g/mol. The molecule has 2 aromatic carbocycles.